The van der Waals surface area contributed by atoms with E-state index in [0.717, 1.165) is 12.1 Å². The molecule has 1 unspecified atom stereocenters. The third kappa shape index (κ3) is 1.77. The number of rotatable bonds is 2. The molecule has 2 aliphatic rings. The number of nitrogens with zero attached hydrogens (tertiary/aromatic N) is 1. The molecular formula is C9H13N3O2. The van der Waals surface area contributed by atoms with Crippen molar-refractivity contribution in [3.63, 3.8) is 0 Å². The molecule has 0 bridgehead atoms. The number of amides is 1. The van der Waals surface area contributed by atoms with Crippen LogP contribution in [-0.2, 0) is 9.59 Å². The standard InChI is InChI=1S/C9H13N3O2/c1-12-5-8(9(14)11-12)10-6-2-3-7(13)4-6/h4,8,10H,2-3,5H2,1H3,(H,11,14). The minimum atomic E-state index is -0.225. The predicted octanol–water partition coefficient (Wildman–Crippen LogP) is -0.832. The van der Waals surface area contributed by atoms with E-state index in [4.69, 9.17) is 0 Å². The van der Waals surface area contributed by atoms with Gasteiger partial charge in [0, 0.05) is 31.8 Å². The first-order valence-electron chi connectivity index (χ1n) is 4.67. The summed E-state index contributed by atoms with van der Waals surface area (Å²) in [6.07, 6.45) is 2.88. The molecule has 0 aromatic carbocycles. The number of hydrazine groups is 1. The van der Waals surface area contributed by atoms with Gasteiger partial charge in [-0.2, -0.15) is 0 Å². The fourth-order valence-electron chi connectivity index (χ4n) is 1.71. The summed E-state index contributed by atoms with van der Waals surface area (Å²) in [5.41, 5.74) is 3.55. The van der Waals surface area contributed by atoms with Crippen LogP contribution in [0.4, 0.5) is 0 Å². The quantitative estimate of drug-likeness (QED) is 0.603. The van der Waals surface area contributed by atoms with Crippen molar-refractivity contribution in [1.82, 2.24) is 15.8 Å². The smallest absolute Gasteiger partial charge is 0.258 e. The summed E-state index contributed by atoms with van der Waals surface area (Å²) in [4.78, 5) is 22.3. The highest BCUT2D eigenvalue weighted by atomic mass is 16.2. The van der Waals surface area contributed by atoms with Crippen LogP contribution in [0.2, 0.25) is 0 Å². The molecule has 14 heavy (non-hydrogen) atoms. The Kier molecular flexibility index (Phi) is 2.25. The molecule has 1 aliphatic heterocycles. The highest BCUT2D eigenvalue weighted by molar-refractivity contribution is 5.93. The van der Waals surface area contributed by atoms with Crippen LogP contribution in [0.3, 0.4) is 0 Å². The Morgan fingerprint density at radius 1 is 1.50 bits per heavy atom. The summed E-state index contributed by atoms with van der Waals surface area (Å²) in [6, 6.07) is -0.225. The second kappa shape index (κ2) is 3.42. The Bertz CT molecular complexity index is 311. The van der Waals surface area contributed by atoms with Gasteiger partial charge < -0.3 is 5.32 Å². The van der Waals surface area contributed by atoms with E-state index in [1.54, 1.807) is 11.1 Å². The second-order valence-corrected chi connectivity index (χ2v) is 3.69. The largest absolute Gasteiger partial charge is 0.376 e. The molecule has 5 nitrogen and oxygen atoms in total. The van der Waals surface area contributed by atoms with E-state index in [1.165, 1.54) is 0 Å². The number of allylic oxidation sites excluding steroid dienone is 2. The van der Waals surface area contributed by atoms with Crippen molar-refractivity contribution in [2.75, 3.05) is 13.6 Å². The van der Waals surface area contributed by atoms with Crippen LogP contribution in [0.15, 0.2) is 11.8 Å². The van der Waals surface area contributed by atoms with Crippen LogP contribution in [0, 0.1) is 0 Å². The van der Waals surface area contributed by atoms with E-state index >= 15 is 0 Å². The van der Waals surface area contributed by atoms with Crippen LogP contribution < -0.4 is 10.7 Å². The first kappa shape index (κ1) is 9.21. The second-order valence-electron chi connectivity index (χ2n) is 3.69. The van der Waals surface area contributed by atoms with Gasteiger partial charge in [0.05, 0.1) is 0 Å². The molecule has 0 aromatic heterocycles. The van der Waals surface area contributed by atoms with Crippen LogP contribution in [0.1, 0.15) is 12.8 Å². The topological polar surface area (TPSA) is 61.4 Å². The van der Waals surface area contributed by atoms with Crippen molar-refractivity contribution >= 4 is 11.7 Å². The summed E-state index contributed by atoms with van der Waals surface area (Å²) >= 11 is 0. The highest BCUT2D eigenvalue weighted by Gasteiger charge is 2.29. The van der Waals surface area contributed by atoms with Gasteiger partial charge in [-0.3, -0.25) is 15.0 Å². The normalized spacial score (nSPS) is 27.8. The minimum Gasteiger partial charge on any atom is -0.376 e. The molecule has 1 heterocycles. The molecule has 76 valence electrons. The van der Waals surface area contributed by atoms with Crippen LogP contribution >= 0.6 is 0 Å². The first-order chi connectivity index (χ1) is 6.65. The summed E-state index contributed by atoms with van der Waals surface area (Å²) in [7, 11) is 1.81. The average Bonchev–Trinajstić information content (AvgIpc) is 2.61. The highest BCUT2D eigenvalue weighted by Crippen LogP contribution is 2.13. The van der Waals surface area contributed by atoms with E-state index in [0.29, 0.717) is 13.0 Å². The van der Waals surface area contributed by atoms with E-state index in [-0.39, 0.29) is 17.7 Å². The SMILES string of the molecule is CN1CC(NC2=CC(=O)CC2)C(=O)N1. The number of hydrogen-bond donors (Lipinski definition) is 2. The average molecular weight is 195 g/mol. The van der Waals surface area contributed by atoms with E-state index in [1.807, 2.05) is 7.05 Å². The number of ketones is 1. The zero-order valence-electron chi connectivity index (χ0n) is 8.04. The Balaban J connectivity index is 1.95. The van der Waals surface area contributed by atoms with Gasteiger partial charge in [-0.05, 0) is 6.42 Å². The Hall–Kier alpha value is -1.36. The molecule has 1 saturated heterocycles. The van der Waals surface area contributed by atoms with E-state index in [2.05, 4.69) is 10.7 Å². The lowest BCUT2D eigenvalue weighted by atomic mass is 10.2. The van der Waals surface area contributed by atoms with Gasteiger partial charge in [0.1, 0.15) is 6.04 Å². The Morgan fingerprint density at radius 2 is 2.29 bits per heavy atom. The lowest BCUT2D eigenvalue weighted by molar-refractivity contribution is -0.122. The van der Waals surface area contributed by atoms with Crippen LogP contribution in [-0.4, -0.2) is 36.3 Å². The predicted molar refractivity (Wildman–Crippen MR) is 50.0 cm³/mol. The number of hydrogen-bond acceptors (Lipinski definition) is 4. The summed E-state index contributed by atoms with van der Waals surface area (Å²) in [5, 5.41) is 4.81. The molecule has 2 rings (SSSR count). The summed E-state index contributed by atoms with van der Waals surface area (Å²) in [6.45, 7) is 0.629. The van der Waals surface area contributed by atoms with Crippen molar-refractivity contribution in [1.29, 1.82) is 0 Å². The van der Waals surface area contributed by atoms with Crippen LogP contribution in [0.5, 0.6) is 0 Å². The molecule has 1 aliphatic carbocycles. The van der Waals surface area contributed by atoms with Crippen molar-refractivity contribution in [3.8, 4) is 0 Å². The van der Waals surface area contributed by atoms with Crippen molar-refractivity contribution in [2.45, 2.75) is 18.9 Å². The molecule has 0 aromatic rings. The van der Waals surface area contributed by atoms with Gasteiger partial charge in [-0.25, -0.2) is 5.01 Å². The van der Waals surface area contributed by atoms with Crippen molar-refractivity contribution in [2.24, 2.45) is 0 Å². The minimum absolute atomic E-state index is 0.0345. The number of carbonyl (C=O) groups is 2. The Labute approximate surface area is 82.1 Å². The van der Waals surface area contributed by atoms with E-state index in [9.17, 15) is 9.59 Å². The number of likely N-dealkylation sites (N-methyl/N-ethyl adjacent to an activating group) is 1. The molecule has 1 atom stereocenters. The third-order valence-corrected chi connectivity index (χ3v) is 2.41. The zero-order valence-corrected chi connectivity index (χ0v) is 8.04. The lowest BCUT2D eigenvalue weighted by Gasteiger charge is -2.11. The maximum Gasteiger partial charge on any atom is 0.258 e. The molecule has 0 spiro atoms. The first-order valence-corrected chi connectivity index (χ1v) is 4.67. The van der Waals surface area contributed by atoms with Gasteiger partial charge in [0.15, 0.2) is 5.78 Å². The molecule has 2 N–H and O–H groups in total. The molecule has 1 amide bonds. The van der Waals surface area contributed by atoms with Gasteiger partial charge in [0.25, 0.3) is 5.91 Å². The summed E-state index contributed by atoms with van der Waals surface area (Å²) in [5.74, 6) is 0.104. The number of nitrogens with one attached hydrogen (secondary N) is 2. The van der Waals surface area contributed by atoms with Crippen molar-refractivity contribution < 1.29 is 9.59 Å². The summed E-state index contributed by atoms with van der Waals surface area (Å²) < 4.78 is 0. The number of carbonyl (C=O) groups excluding carboxylic acids is 2. The van der Waals surface area contributed by atoms with Crippen LogP contribution in [0.25, 0.3) is 0 Å². The Morgan fingerprint density at radius 3 is 2.79 bits per heavy atom. The lowest BCUT2D eigenvalue weighted by Crippen LogP contribution is -2.36. The molecule has 0 saturated carbocycles. The maximum atomic E-state index is 11.3. The van der Waals surface area contributed by atoms with Gasteiger partial charge in [-0.15, -0.1) is 0 Å². The van der Waals surface area contributed by atoms with Gasteiger partial charge in [0.2, 0.25) is 0 Å². The zero-order chi connectivity index (χ0) is 10.1. The fraction of sp³-hybridized carbons (Fsp3) is 0.556. The van der Waals surface area contributed by atoms with Gasteiger partial charge >= 0.3 is 0 Å². The molecular weight excluding hydrogens is 182 g/mol. The van der Waals surface area contributed by atoms with E-state index < -0.39 is 0 Å². The third-order valence-electron chi connectivity index (χ3n) is 2.41. The maximum absolute atomic E-state index is 11.3. The fourth-order valence-corrected chi connectivity index (χ4v) is 1.71. The molecule has 5 heteroatoms. The van der Waals surface area contributed by atoms with Crippen molar-refractivity contribution in [3.05, 3.63) is 11.8 Å². The molecule has 1 fully saturated rings. The van der Waals surface area contributed by atoms with Gasteiger partial charge in [-0.1, -0.05) is 0 Å². The molecule has 0 radical (unpaired) electrons. The monoisotopic (exact) mass is 195 g/mol.